The van der Waals surface area contributed by atoms with Gasteiger partial charge in [0.2, 0.25) is 0 Å². The van der Waals surface area contributed by atoms with Gasteiger partial charge in [-0.2, -0.15) is 0 Å². The maximum absolute atomic E-state index is 3.65. The maximum atomic E-state index is 3.65. The number of fused-ring (bicyclic) bond motifs is 1. The van der Waals surface area contributed by atoms with Crippen molar-refractivity contribution in [1.29, 1.82) is 0 Å². The monoisotopic (exact) mass is 295 g/mol. The molecule has 2 heteroatoms. The molecule has 1 N–H and O–H groups in total. The summed E-state index contributed by atoms with van der Waals surface area (Å²) in [5.41, 5.74) is 2.82. The van der Waals surface area contributed by atoms with Crippen molar-refractivity contribution in [2.75, 3.05) is 6.54 Å². The molecule has 2 aromatic carbocycles. The zero-order chi connectivity index (χ0) is 14.7. The van der Waals surface area contributed by atoms with Crippen LogP contribution in [0.5, 0.6) is 0 Å². The second kappa shape index (κ2) is 6.42. The van der Waals surface area contributed by atoms with Crippen molar-refractivity contribution in [3.05, 3.63) is 70.6 Å². The van der Waals surface area contributed by atoms with E-state index in [1.54, 1.807) is 0 Å². The van der Waals surface area contributed by atoms with E-state index in [-0.39, 0.29) is 0 Å². The number of thiophene rings is 1. The van der Waals surface area contributed by atoms with E-state index < -0.39 is 0 Å². The predicted octanol–water partition coefficient (Wildman–Crippen LogP) is 5.10. The van der Waals surface area contributed by atoms with Crippen LogP contribution in [0, 0.1) is 6.92 Å². The van der Waals surface area contributed by atoms with Crippen molar-refractivity contribution >= 4 is 21.4 Å². The zero-order valence-corrected chi connectivity index (χ0v) is 13.4. The Kier molecular flexibility index (Phi) is 4.37. The number of aryl methyl sites for hydroxylation is 1. The van der Waals surface area contributed by atoms with E-state index in [0.717, 1.165) is 13.0 Å². The molecule has 21 heavy (non-hydrogen) atoms. The van der Waals surface area contributed by atoms with Gasteiger partial charge in [-0.25, -0.2) is 0 Å². The minimum atomic E-state index is 0.409. The van der Waals surface area contributed by atoms with Crippen LogP contribution in [0.15, 0.2) is 54.6 Å². The molecule has 0 spiro atoms. The van der Waals surface area contributed by atoms with E-state index >= 15 is 0 Å². The molecule has 1 nitrogen and oxygen atoms in total. The van der Waals surface area contributed by atoms with E-state index in [4.69, 9.17) is 0 Å². The second-order valence-corrected chi connectivity index (χ2v) is 6.65. The molecule has 0 amide bonds. The summed E-state index contributed by atoms with van der Waals surface area (Å²) in [5.74, 6) is 0. The molecule has 3 rings (SSSR count). The summed E-state index contributed by atoms with van der Waals surface area (Å²) in [6.45, 7) is 5.45. The zero-order valence-electron chi connectivity index (χ0n) is 12.6. The number of benzene rings is 2. The smallest absolute Gasteiger partial charge is 0.0386 e. The molecule has 0 saturated carbocycles. The van der Waals surface area contributed by atoms with E-state index in [0.29, 0.717) is 6.04 Å². The highest BCUT2D eigenvalue weighted by atomic mass is 32.1. The van der Waals surface area contributed by atoms with Gasteiger partial charge < -0.3 is 5.32 Å². The molecule has 0 fully saturated rings. The average Bonchev–Trinajstić information content (AvgIpc) is 2.93. The summed E-state index contributed by atoms with van der Waals surface area (Å²) >= 11 is 1.89. The normalized spacial score (nSPS) is 12.7. The van der Waals surface area contributed by atoms with Crippen molar-refractivity contribution in [3.63, 3.8) is 0 Å². The highest BCUT2D eigenvalue weighted by Crippen LogP contribution is 2.29. The minimum Gasteiger partial charge on any atom is -0.309 e. The van der Waals surface area contributed by atoms with E-state index in [9.17, 15) is 0 Å². The molecule has 0 bridgehead atoms. The van der Waals surface area contributed by atoms with Gasteiger partial charge in [0.15, 0.2) is 0 Å². The molecule has 1 atom stereocenters. The molecular formula is C19H21NS. The largest absolute Gasteiger partial charge is 0.309 e. The summed E-state index contributed by atoms with van der Waals surface area (Å²) in [6.07, 6.45) is 1.09. The fourth-order valence-corrected chi connectivity index (χ4v) is 3.72. The van der Waals surface area contributed by atoms with Crippen LogP contribution in [0.4, 0.5) is 0 Å². The lowest BCUT2D eigenvalue weighted by atomic mass is 10.1. The van der Waals surface area contributed by atoms with Crippen molar-refractivity contribution in [1.82, 2.24) is 5.32 Å². The van der Waals surface area contributed by atoms with Crippen molar-refractivity contribution in [2.24, 2.45) is 0 Å². The number of nitrogens with one attached hydrogen (secondary N) is 1. The highest BCUT2D eigenvalue weighted by molar-refractivity contribution is 7.19. The van der Waals surface area contributed by atoms with Gasteiger partial charge >= 0.3 is 0 Å². The molecule has 0 aliphatic heterocycles. The van der Waals surface area contributed by atoms with Crippen molar-refractivity contribution in [2.45, 2.75) is 26.3 Å². The SMILES string of the molecule is Cc1ccccc1CCNC(C)c1cc2ccccc2s1. The van der Waals surface area contributed by atoms with Gasteiger partial charge in [0.1, 0.15) is 0 Å². The van der Waals surface area contributed by atoms with Crippen molar-refractivity contribution in [3.8, 4) is 0 Å². The fraction of sp³-hybridized carbons (Fsp3) is 0.263. The lowest BCUT2D eigenvalue weighted by molar-refractivity contribution is 0.584. The molecular weight excluding hydrogens is 274 g/mol. The van der Waals surface area contributed by atoms with Crippen LogP contribution in [0.2, 0.25) is 0 Å². The summed E-state index contributed by atoms with van der Waals surface area (Å²) < 4.78 is 1.38. The molecule has 0 aliphatic rings. The van der Waals surface area contributed by atoms with Gasteiger partial charge in [0.25, 0.3) is 0 Å². The third kappa shape index (κ3) is 3.34. The first-order chi connectivity index (χ1) is 10.2. The first-order valence-corrected chi connectivity index (χ1v) is 8.32. The number of rotatable bonds is 5. The fourth-order valence-electron chi connectivity index (χ4n) is 2.63. The molecule has 0 aliphatic carbocycles. The van der Waals surface area contributed by atoms with Crippen LogP contribution in [-0.2, 0) is 6.42 Å². The Balaban J connectivity index is 1.61. The van der Waals surface area contributed by atoms with Gasteiger partial charge in [-0.3, -0.25) is 0 Å². The van der Waals surface area contributed by atoms with Crippen LogP contribution in [0.25, 0.3) is 10.1 Å². The van der Waals surface area contributed by atoms with Gasteiger partial charge in [0.05, 0.1) is 0 Å². The number of hydrogen-bond acceptors (Lipinski definition) is 2. The van der Waals surface area contributed by atoms with Crippen LogP contribution in [0.1, 0.15) is 29.0 Å². The van der Waals surface area contributed by atoms with Gasteiger partial charge in [-0.05, 0) is 55.5 Å². The maximum Gasteiger partial charge on any atom is 0.0386 e. The van der Waals surface area contributed by atoms with Crippen molar-refractivity contribution < 1.29 is 0 Å². The van der Waals surface area contributed by atoms with E-state index in [2.05, 4.69) is 73.8 Å². The Morgan fingerprint density at radius 1 is 1.05 bits per heavy atom. The first-order valence-electron chi connectivity index (χ1n) is 7.50. The molecule has 1 heterocycles. The third-order valence-electron chi connectivity index (χ3n) is 3.98. The Bertz CT molecular complexity index is 696. The predicted molar refractivity (Wildman–Crippen MR) is 93.1 cm³/mol. The van der Waals surface area contributed by atoms with Gasteiger partial charge in [0, 0.05) is 15.6 Å². The topological polar surface area (TPSA) is 12.0 Å². The Labute approximate surface area is 130 Å². The Morgan fingerprint density at radius 2 is 1.81 bits per heavy atom. The number of hydrogen-bond donors (Lipinski definition) is 1. The van der Waals surface area contributed by atoms with Gasteiger partial charge in [-0.15, -0.1) is 11.3 Å². The molecule has 1 aromatic heterocycles. The summed E-state index contributed by atoms with van der Waals surface area (Å²) in [7, 11) is 0. The Morgan fingerprint density at radius 3 is 2.62 bits per heavy atom. The molecule has 108 valence electrons. The molecule has 0 saturated heterocycles. The third-order valence-corrected chi connectivity index (χ3v) is 5.28. The van der Waals surface area contributed by atoms with Crippen LogP contribution in [-0.4, -0.2) is 6.54 Å². The second-order valence-electron chi connectivity index (χ2n) is 5.54. The Hall–Kier alpha value is -1.64. The van der Waals surface area contributed by atoms with Gasteiger partial charge in [-0.1, -0.05) is 42.5 Å². The highest BCUT2D eigenvalue weighted by Gasteiger charge is 2.09. The summed E-state index contributed by atoms with van der Waals surface area (Å²) in [6, 6.07) is 20.0. The van der Waals surface area contributed by atoms with E-state index in [1.165, 1.54) is 26.1 Å². The van der Waals surface area contributed by atoms with Crippen LogP contribution >= 0.6 is 11.3 Å². The molecule has 1 unspecified atom stereocenters. The lowest BCUT2D eigenvalue weighted by Crippen LogP contribution is -2.20. The van der Waals surface area contributed by atoms with E-state index in [1.807, 2.05) is 11.3 Å². The van der Waals surface area contributed by atoms with Crippen LogP contribution in [0.3, 0.4) is 0 Å². The molecule has 3 aromatic rings. The average molecular weight is 295 g/mol. The molecule has 0 radical (unpaired) electrons. The standard InChI is InChI=1S/C19H21NS/c1-14-7-3-4-8-16(14)11-12-20-15(2)19-13-17-9-5-6-10-18(17)21-19/h3-10,13,15,20H,11-12H2,1-2H3. The van der Waals surface area contributed by atoms with Crippen LogP contribution < -0.4 is 5.32 Å². The lowest BCUT2D eigenvalue weighted by Gasteiger charge is -2.12. The summed E-state index contributed by atoms with van der Waals surface area (Å²) in [4.78, 5) is 1.42. The first kappa shape index (κ1) is 14.3. The quantitative estimate of drug-likeness (QED) is 0.690. The minimum absolute atomic E-state index is 0.409. The summed E-state index contributed by atoms with van der Waals surface area (Å²) in [5, 5.41) is 5.00.